The number of aromatic nitrogens is 2. The van der Waals surface area contributed by atoms with Crippen LogP contribution in [0.3, 0.4) is 0 Å². The van der Waals surface area contributed by atoms with Gasteiger partial charge < -0.3 is 0 Å². The van der Waals surface area contributed by atoms with Crippen LogP contribution in [0.15, 0.2) is 48.7 Å². The van der Waals surface area contributed by atoms with E-state index in [0.29, 0.717) is 5.52 Å². The lowest BCUT2D eigenvalue weighted by molar-refractivity contribution is -0.394. The second kappa shape index (κ2) is 4.67. The van der Waals surface area contributed by atoms with E-state index in [1.807, 2.05) is 12.1 Å². The lowest BCUT2D eigenvalue weighted by Gasteiger charge is -2.04. The van der Waals surface area contributed by atoms with Crippen LogP contribution in [0.1, 0.15) is 0 Å². The number of benzene rings is 2. The molecular weight excluding hydrogens is 276 g/mol. The predicted octanol–water partition coefficient (Wildman–Crippen LogP) is 2.84. The van der Waals surface area contributed by atoms with Crippen molar-refractivity contribution in [2.75, 3.05) is 0 Å². The number of hydrogen-bond acceptors (Lipinski definition) is 5. The van der Waals surface area contributed by atoms with Crippen LogP contribution in [0.2, 0.25) is 0 Å². The molecule has 1 aromatic heterocycles. The molecule has 0 radical (unpaired) electrons. The Kier molecular flexibility index (Phi) is 2.83. The normalized spacial score (nSPS) is 10.7. The first-order valence-electron chi connectivity index (χ1n) is 5.94. The average Bonchev–Trinajstić information content (AvgIpc) is 2.90. The van der Waals surface area contributed by atoms with Crippen molar-refractivity contribution in [2.45, 2.75) is 0 Å². The van der Waals surface area contributed by atoms with Crippen molar-refractivity contribution < 1.29 is 9.85 Å². The van der Waals surface area contributed by atoms with E-state index in [0.717, 1.165) is 11.5 Å². The molecule has 8 heteroatoms. The third-order valence-electron chi connectivity index (χ3n) is 3.07. The molecule has 0 saturated heterocycles. The van der Waals surface area contributed by atoms with Gasteiger partial charge in [0, 0.05) is 11.5 Å². The van der Waals surface area contributed by atoms with Crippen LogP contribution in [-0.4, -0.2) is 19.6 Å². The zero-order valence-electron chi connectivity index (χ0n) is 10.5. The van der Waals surface area contributed by atoms with Crippen molar-refractivity contribution in [2.24, 2.45) is 0 Å². The van der Waals surface area contributed by atoms with Crippen molar-refractivity contribution in [1.82, 2.24) is 9.78 Å². The molecule has 1 heterocycles. The van der Waals surface area contributed by atoms with Gasteiger partial charge in [0.1, 0.15) is 5.69 Å². The van der Waals surface area contributed by atoms with Crippen LogP contribution in [0.25, 0.3) is 16.6 Å². The number of rotatable bonds is 3. The topological polar surface area (TPSA) is 104 Å². The first kappa shape index (κ1) is 12.7. The summed E-state index contributed by atoms with van der Waals surface area (Å²) in [5.74, 6) is 0. The summed E-state index contributed by atoms with van der Waals surface area (Å²) in [4.78, 5) is 20.6. The van der Waals surface area contributed by atoms with Gasteiger partial charge >= 0.3 is 5.69 Å². The molecule has 0 bridgehead atoms. The predicted molar refractivity (Wildman–Crippen MR) is 74.4 cm³/mol. The fourth-order valence-corrected chi connectivity index (χ4v) is 2.11. The van der Waals surface area contributed by atoms with E-state index in [-0.39, 0.29) is 17.1 Å². The summed E-state index contributed by atoms with van der Waals surface area (Å²) < 4.78 is 1.40. The summed E-state index contributed by atoms with van der Waals surface area (Å²) in [6, 6.07) is 10.7. The Morgan fingerprint density at radius 1 is 1.00 bits per heavy atom. The van der Waals surface area contributed by atoms with Gasteiger partial charge in [0.15, 0.2) is 0 Å². The maximum atomic E-state index is 11.2. The number of para-hydroxylation sites is 1. The highest BCUT2D eigenvalue weighted by Gasteiger charge is 2.22. The molecule has 0 amide bonds. The van der Waals surface area contributed by atoms with Gasteiger partial charge in [0.2, 0.25) is 0 Å². The molecule has 0 unspecified atom stereocenters. The second-order valence-corrected chi connectivity index (χ2v) is 4.30. The molecule has 2 aromatic carbocycles. The smallest absolute Gasteiger partial charge is 0.258 e. The number of nitrogens with zero attached hydrogens (tertiary/aromatic N) is 4. The molecule has 3 rings (SSSR count). The quantitative estimate of drug-likeness (QED) is 0.543. The van der Waals surface area contributed by atoms with E-state index < -0.39 is 9.85 Å². The first-order chi connectivity index (χ1) is 10.1. The first-order valence-corrected chi connectivity index (χ1v) is 5.94. The van der Waals surface area contributed by atoms with E-state index in [2.05, 4.69) is 5.10 Å². The van der Waals surface area contributed by atoms with Gasteiger partial charge in [-0.05, 0) is 12.1 Å². The van der Waals surface area contributed by atoms with Crippen LogP contribution in [-0.2, 0) is 0 Å². The summed E-state index contributed by atoms with van der Waals surface area (Å²) in [5, 5.41) is 26.9. The molecule has 0 fully saturated rings. The standard InChI is InChI=1S/C13H8N4O4/c18-16(19)10-5-6-12(13(7-10)17(20)21)15-11-4-2-1-3-9(11)8-14-15/h1-8H. The van der Waals surface area contributed by atoms with Gasteiger partial charge in [-0.25, -0.2) is 4.68 Å². The highest BCUT2D eigenvalue weighted by atomic mass is 16.6. The van der Waals surface area contributed by atoms with Crippen molar-refractivity contribution >= 4 is 22.3 Å². The molecule has 0 aliphatic heterocycles. The van der Waals surface area contributed by atoms with Crippen LogP contribution < -0.4 is 0 Å². The van der Waals surface area contributed by atoms with E-state index in [1.54, 1.807) is 18.3 Å². The number of hydrogen-bond donors (Lipinski definition) is 0. The maximum Gasteiger partial charge on any atom is 0.301 e. The number of nitro benzene ring substituents is 2. The van der Waals surface area contributed by atoms with Crippen LogP contribution in [0.4, 0.5) is 11.4 Å². The fourth-order valence-electron chi connectivity index (χ4n) is 2.11. The highest BCUT2D eigenvalue weighted by molar-refractivity contribution is 5.81. The lowest BCUT2D eigenvalue weighted by atomic mass is 10.2. The van der Waals surface area contributed by atoms with Gasteiger partial charge in [-0.1, -0.05) is 18.2 Å². The molecule has 3 aromatic rings. The Hall–Kier alpha value is -3.29. The van der Waals surface area contributed by atoms with E-state index in [1.165, 1.54) is 16.8 Å². The number of nitro groups is 2. The Bertz CT molecular complexity index is 871. The van der Waals surface area contributed by atoms with Gasteiger partial charge in [0.25, 0.3) is 5.69 Å². The van der Waals surface area contributed by atoms with Gasteiger partial charge in [-0.15, -0.1) is 0 Å². The molecule has 104 valence electrons. The van der Waals surface area contributed by atoms with Gasteiger partial charge in [0.05, 0.1) is 27.6 Å². The minimum absolute atomic E-state index is 0.187. The summed E-state index contributed by atoms with van der Waals surface area (Å²) in [5.41, 5.74) is 0.182. The lowest BCUT2D eigenvalue weighted by Crippen LogP contribution is -2.02. The van der Waals surface area contributed by atoms with Crippen molar-refractivity contribution in [3.63, 3.8) is 0 Å². The molecule has 21 heavy (non-hydrogen) atoms. The third-order valence-corrected chi connectivity index (χ3v) is 3.07. The SMILES string of the molecule is O=[N+]([O-])c1ccc(-n2ncc3ccccc32)c([N+](=O)[O-])c1. The van der Waals surface area contributed by atoms with Crippen LogP contribution in [0, 0.1) is 20.2 Å². The van der Waals surface area contributed by atoms with Gasteiger partial charge in [-0.3, -0.25) is 20.2 Å². The molecule has 0 aliphatic rings. The molecule has 0 N–H and O–H groups in total. The zero-order chi connectivity index (χ0) is 15.0. The summed E-state index contributed by atoms with van der Waals surface area (Å²) in [7, 11) is 0. The highest BCUT2D eigenvalue weighted by Crippen LogP contribution is 2.29. The number of non-ortho nitro benzene ring substituents is 1. The van der Waals surface area contributed by atoms with E-state index >= 15 is 0 Å². The molecule has 0 saturated carbocycles. The third kappa shape index (κ3) is 2.08. The van der Waals surface area contributed by atoms with Crippen molar-refractivity contribution in [1.29, 1.82) is 0 Å². The molecule has 8 nitrogen and oxygen atoms in total. The Labute approximate surface area is 117 Å². The Balaban J connectivity index is 2.27. The van der Waals surface area contributed by atoms with Crippen LogP contribution in [0.5, 0.6) is 0 Å². The second-order valence-electron chi connectivity index (χ2n) is 4.30. The Morgan fingerprint density at radius 3 is 2.48 bits per heavy atom. The minimum atomic E-state index is -0.669. The maximum absolute atomic E-state index is 11.2. The molecule has 0 spiro atoms. The molecule has 0 aliphatic carbocycles. The summed E-state index contributed by atoms with van der Waals surface area (Å²) in [6.07, 6.45) is 1.58. The monoisotopic (exact) mass is 284 g/mol. The van der Waals surface area contributed by atoms with E-state index in [4.69, 9.17) is 0 Å². The zero-order valence-corrected chi connectivity index (χ0v) is 10.5. The molecule has 0 atom stereocenters. The van der Waals surface area contributed by atoms with Gasteiger partial charge in [-0.2, -0.15) is 5.10 Å². The average molecular weight is 284 g/mol. The van der Waals surface area contributed by atoms with Crippen molar-refractivity contribution in [3.8, 4) is 5.69 Å². The van der Waals surface area contributed by atoms with Crippen LogP contribution >= 0.6 is 0 Å². The molecular formula is C13H8N4O4. The minimum Gasteiger partial charge on any atom is -0.258 e. The summed E-state index contributed by atoms with van der Waals surface area (Å²) >= 11 is 0. The largest absolute Gasteiger partial charge is 0.301 e. The number of fused-ring (bicyclic) bond motifs is 1. The fraction of sp³-hybridized carbons (Fsp3) is 0. The Morgan fingerprint density at radius 2 is 1.76 bits per heavy atom. The summed E-state index contributed by atoms with van der Waals surface area (Å²) in [6.45, 7) is 0. The van der Waals surface area contributed by atoms with Crippen molar-refractivity contribution in [3.05, 3.63) is 68.9 Å². The van der Waals surface area contributed by atoms with E-state index in [9.17, 15) is 20.2 Å².